The molecule has 0 aromatic heterocycles. The van der Waals surface area contributed by atoms with Crippen LogP contribution < -0.4 is 14.8 Å². The highest BCUT2D eigenvalue weighted by Crippen LogP contribution is 2.41. The lowest BCUT2D eigenvalue weighted by Gasteiger charge is -2.18. The number of hydrogen-bond donors (Lipinski definition) is 1. The second-order valence-electron chi connectivity index (χ2n) is 5.34. The number of hydrogen-bond acceptors (Lipinski definition) is 3. The second kappa shape index (κ2) is 5.61. The van der Waals surface area contributed by atoms with Crippen LogP contribution in [0.4, 0.5) is 0 Å². The Morgan fingerprint density at radius 1 is 1.39 bits per heavy atom. The van der Waals surface area contributed by atoms with Crippen molar-refractivity contribution in [3.05, 3.63) is 23.8 Å². The van der Waals surface area contributed by atoms with Crippen LogP contribution in [-0.2, 0) is 6.42 Å². The Kier molecular flexibility index (Phi) is 4.12. The SMILES string of the molecule is CCNCCCOc1cccc2c1OC(C)(C)C2. The van der Waals surface area contributed by atoms with Crippen LogP contribution >= 0.6 is 0 Å². The summed E-state index contributed by atoms with van der Waals surface area (Å²) in [7, 11) is 0. The maximum absolute atomic E-state index is 5.96. The van der Waals surface area contributed by atoms with Crippen molar-refractivity contribution in [3.8, 4) is 11.5 Å². The van der Waals surface area contributed by atoms with Gasteiger partial charge in [0.25, 0.3) is 0 Å². The molecule has 0 unspecified atom stereocenters. The van der Waals surface area contributed by atoms with Gasteiger partial charge in [0, 0.05) is 12.0 Å². The first-order valence-electron chi connectivity index (χ1n) is 6.77. The van der Waals surface area contributed by atoms with Gasteiger partial charge < -0.3 is 14.8 Å². The number of benzene rings is 1. The molecule has 1 aromatic rings. The van der Waals surface area contributed by atoms with Crippen LogP contribution in [0.1, 0.15) is 32.8 Å². The van der Waals surface area contributed by atoms with E-state index in [-0.39, 0.29) is 5.60 Å². The van der Waals surface area contributed by atoms with Crippen LogP contribution in [0.5, 0.6) is 11.5 Å². The third-order valence-corrected chi connectivity index (χ3v) is 3.06. The van der Waals surface area contributed by atoms with Crippen LogP contribution in [0.15, 0.2) is 18.2 Å². The lowest BCUT2D eigenvalue weighted by atomic mass is 10.0. The van der Waals surface area contributed by atoms with Gasteiger partial charge in [0.05, 0.1) is 6.61 Å². The largest absolute Gasteiger partial charge is 0.490 e. The minimum atomic E-state index is -0.106. The van der Waals surface area contributed by atoms with Crippen molar-refractivity contribution in [2.75, 3.05) is 19.7 Å². The van der Waals surface area contributed by atoms with E-state index in [1.807, 2.05) is 12.1 Å². The average Bonchev–Trinajstić information content (AvgIpc) is 2.63. The number of ether oxygens (including phenoxy) is 2. The molecule has 0 atom stereocenters. The van der Waals surface area contributed by atoms with Crippen LogP contribution in [0.2, 0.25) is 0 Å². The quantitative estimate of drug-likeness (QED) is 0.786. The molecule has 0 spiro atoms. The maximum Gasteiger partial charge on any atom is 0.165 e. The van der Waals surface area contributed by atoms with Crippen molar-refractivity contribution in [2.24, 2.45) is 0 Å². The Balaban J connectivity index is 1.93. The number of rotatable bonds is 6. The molecule has 0 saturated carbocycles. The molecule has 1 aromatic carbocycles. The van der Waals surface area contributed by atoms with Crippen molar-refractivity contribution in [3.63, 3.8) is 0 Å². The maximum atomic E-state index is 5.96. The molecular weight excluding hydrogens is 226 g/mol. The molecule has 1 heterocycles. The standard InChI is InChI=1S/C15H23NO2/c1-4-16-9-6-10-17-13-8-5-7-12-11-15(2,3)18-14(12)13/h5,7-8,16H,4,6,9-11H2,1-3H3. The molecule has 1 aliphatic rings. The molecule has 1 N–H and O–H groups in total. The third kappa shape index (κ3) is 3.16. The van der Waals surface area contributed by atoms with Crippen LogP contribution in [0.25, 0.3) is 0 Å². The number of nitrogens with one attached hydrogen (secondary N) is 1. The summed E-state index contributed by atoms with van der Waals surface area (Å²) in [5, 5.41) is 3.29. The summed E-state index contributed by atoms with van der Waals surface area (Å²) in [6.45, 7) is 9.08. The average molecular weight is 249 g/mol. The summed E-state index contributed by atoms with van der Waals surface area (Å²) in [4.78, 5) is 0. The Morgan fingerprint density at radius 3 is 3.00 bits per heavy atom. The first-order valence-corrected chi connectivity index (χ1v) is 6.77. The molecule has 18 heavy (non-hydrogen) atoms. The third-order valence-electron chi connectivity index (χ3n) is 3.06. The molecule has 0 fully saturated rings. The monoisotopic (exact) mass is 249 g/mol. The van der Waals surface area contributed by atoms with E-state index in [0.29, 0.717) is 0 Å². The lowest BCUT2D eigenvalue weighted by Crippen LogP contribution is -2.24. The summed E-state index contributed by atoms with van der Waals surface area (Å²) >= 11 is 0. The minimum absolute atomic E-state index is 0.106. The predicted molar refractivity (Wildman–Crippen MR) is 73.5 cm³/mol. The Hall–Kier alpha value is -1.22. The van der Waals surface area contributed by atoms with E-state index in [4.69, 9.17) is 9.47 Å². The molecule has 100 valence electrons. The van der Waals surface area contributed by atoms with Crippen molar-refractivity contribution in [2.45, 2.75) is 39.2 Å². The highest BCUT2D eigenvalue weighted by Gasteiger charge is 2.32. The Morgan fingerprint density at radius 2 is 2.22 bits per heavy atom. The fraction of sp³-hybridized carbons (Fsp3) is 0.600. The summed E-state index contributed by atoms with van der Waals surface area (Å²) in [6.07, 6.45) is 1.97. The van der Waals surface area contributed by atoms with E-state index in [9.17, 15) is 0 Å². The molecular formula is C15H23NO2. The Bertz CT molecular complexity index is 401. The van der Waals surface area contributed by atoms with E-state index < -0.39 is 0 Å². The summed E-state index contributed by atoms with van der Waals surface area (Å²) in [6, 6.07) is 6.16. The number of para-hydroxylation sites is 1. The van der Waals surface area contributed by atoms with Crippen LogP contribution in [0.3, 0.4) is 0 Å². The molecule has 0 amide bonds. The zero-order valence-electron chi connectivity index (χ0n) is 11.6. The Labute approximate surface area is 109 Å². The van der Waals surface area contributed by atoms with Gasteiger partial charge in [-0.3, -0.25) is 0 Å². The summed E-state index contributed by atoms with van der Waals surface area (Å²) in [5.74, 6) is 1.82. The zero-order valence-corrected chi connectivity index (χ0v) is 11.6. The van der Waals surface area contributed by atoms with Gasteiger partial charge in [0.15, 0.2) is 11.5 Å². The van der Waals surface area contributed by atoms with Crippen molar-refractivity contribution >= 4 is 0 Å². The minimum Gasteiger partial charge on any atom is -0.490 e. The van der Waals surface area contributed by atoms with Gasteiger partial charge in [-0.1, -0.05) is 19.1 Å². The van der Waals surface area contributed by atoms with E-state index >= 15 is 0 Å². The fourth-order valence-electron chi connectivity index (χ4n) is 2.26. The summed E-state index contributed by atoms with van der Waals surface area (Å²) in [5.41, 5.74) is 1.15. The smallest absolute Gasteiger partial charge is 0.165 e. The first-order chi connectivity index (χ1) is 8.62. The van der Waals surface area contributed by atoms with Gasteiger partial charge in [-0.25, -0.2) is 0 Å². The second-order valence-corrected chi connectivity index (χ2v) is 5.34. The van der Waals surface area contributed by atoms with Crippen LogP contribution in [0, 0.1) is 0 Å². The molecule has 0 radical (unpaired) electrons. The molecule has 1 aliphatic heterocycles. The fourth-order valence-corrected chi connectivity index (χ4v) is 2.26. The van der Waals surface area contributed by atoms with Gasteiger partial charge in [-0.2, -0.15) is 0 Å². The molecule has 2 rings (SSSR count). The highest BCUT2D eigenvalue weighted by atomic mass is 16.5. The van der Waals surface area contributed by atoms with Gasteiger partial charge in [-0.15, -0.1) is 0 Å². The van der Waals surface area contributed by atoms with Crippen LogP contribution in [-0.4, -0.2) is 25.3 Å². The van der Waals surface area contributed by atoms with E-state index in [0.717, 1.165) is 44.0 Å². The molecule has 3 nitrogen and oxygen atoms in total. The molecule has 0 saturated heterocycles. The van der Waals surface area contributed by atoms with Crippen molar-refractivity contribution in [1.82, 2.24) is 5.32 Å². The lowest BCUT2D eigenvalue weighted by molar-refractivity contribution is 0.132. The number of fused-ring (bicyclic) bond motifs is 1. The van der Waals surface area contributed by atoms with Gasteiger partial charge >= 0.3 is 0 Å². The highest BCUT2D eigenvalue weighted by molar-refractivity contribution is 5.50. The molecule has 0 bridgehead atoms. The molecule has 3 heteroatoms. The van der Waals surface area contributed by atoms with Crippen molar-refractivity contribution in [1.29, 1.82) is 0 Å². The van der Waals surface area contributed by atoms with Crippen molar-refractivity contribution < 1.29 is 9.47 Å². The van der Waals surface area contributed by atoms with Gasteiger partial charge in [0.2, 0.25) is 0 Å². The predicted octanol–water partition coefficient (Wildman–Crippen LogP) is 2.78. The summed E-state index contributed by atoms with van der Waals surface area (Å²) < 4.78 is 11.8. The first kappa shape index (κ1) is 13.2. The zero-order chi connectivity index (χ0) is 13.0. The van der Waals surface area contributed by atoms with E-state index in [1.165, 1.54) is 5.56 Å². The van der Waals surface area contributed by atoms with Gasteiger partial charge in [0.1, 0.15) is 5.60 Å². The molecule has 0 aliphatic carbocycles. The van der Waals surface area contributed by atoms with E-state index in [2.05, 4.69) is 32.2 Å². The normalized spacial score (nSPS) is 16.2. The van der Waals surface area contributed by atoms with E-state index in [1.54, 1.807) is 0 Å². The van der Waals surface area contributed by atoms with Gasteiger partial charge in [-0.05, 0) is 39.4 Å². The topological polar surface area (TPSA) is 30.5 Å².